The zero-order chi connectivity index (χ0) is 18.1. The molecular weight excluding hydrogens is 316 g/mol. The summed E-state index contributed by atoms with van der Waals surface area (Å²) in [6, 6.07) is 10.9. The monoisotopic (exact) mass is 340 g/mol. The van der Waals surface area contributed by atoms with E-state index in [1.165, 1.54) is 6.20 Å². The second-order valence-corrected chi connectivity index (χ2v) is 5.65. The summed E-state index contributed by atoms with van der Waals surface area (Å²) >= 11 is 0. The number of nitrogens with one attached hydrogen (secondary N) is 1. The first-order valence-electron chi connectivity index (χ1n) is 8.56. The van der Waals surface area contributed by atoms with E-state index in [2.05, 4.69) is 11.9 Å². The lowest BCUT2D eigenvalue weighted by molar-refractivity contribution is 0.0526. The van der Waals surface area contributed by atoms with Gasteiger partial charge in [0.25, 0.3) is 0 Å². The van der Waals surface area contributed by atoms with Gasteiger partial charge in [-0.3, -0.25) is 4.98 Å². The number of carbonyl (C=O) groups is 1. The van der Waals surface area contributed by atoms with E-state index in [1.54, 1.807) is 19.1 Å². The molecule has 1 N–H and O–H groups in total. The molecule has 1 heterocycles. The van der Waals surface area contributed by atoms with Crippen molar-refractivity contribution < 1.29 is 14.3 Å². The lowest BCUT2D eigenvalue weighted by Gasteiger charge is -2.08. The average Bonchev–Trinajstić information content (AvgIpc) is 2.63. The van der Waals surface area contributed by atoms with Crippen molar-refractivity contribution in [3.05, 3.63) is 59.4 Å². The van der Waals surface area contributed by atoms with Crippen LogP contribution in [0.25, 0.3) is 0 Å². The van der Waals surface area contributed by atoms with Crippen LogP contribution < -0.4 is 4.74 Å². The number of aromatic nitrogens is 1. The Morgan fingerprint density at radius 1 is 1.16 bits per heavy atom. The Kier molecular flexibility index (Phi) is 7.14. The number of pyridine rings is 1. The number of rotatable bonds is 9. The van der Waals surface area contributed by atoms with Gasteiger partial charge in [0, 0.05) is 12.6 Å². The van der Waals surface area contributed by atoms with Crippen molar-refractivity contribution in [1.29, 1.82) is 5.41 Å². The quantitative estimate of drug-likeness (QED) is 0.425. The minimum atomic E-state index is -0.396. The number of hydrogen-bond donors (Lipinski definition) is 1. The van der Waals surface area contributed by atoms with Crippen LogP contribution in [0.2, 0.25) is 0 Å². The lowest BCUT2D eigenvalue weighted by Crippen LogP contribution is -2.10. The maximum Gasteiger partial charge on any atom is 0.338 e. The van der Waals surface area contributed by atoms with E-state index in [0.717, 1.165) is 30.8 Å². The Labute approximate surface area is 148 Å². The number of nitrogens with zero attached hydrogens (tertiary/aromatic N) is 1. The molecule has 0 aliphatic rings. The molecule has 0 saturated heterocycles. The van der Waals surface area contributed by atoms with Gasteiger partial charge in [-0.1, -0.05) is 25.5 Å². The van der Waals surface area contributed by atoms with Crippen LogP contribution in [0.5, 0.6) is 5.75 Å². The van der Waals surface area contributed by atoms with Gasteiger partial charge in [-0.15, -0.1) is 0 Å². The van der Waals surface area contributed by atoms with Gasteiger partial charge in [-0.25, -0.2) is 4.79 Å². The highest BCUT2D eigenvalue weighted by atomic mass is 16.5. The van der Waals surface area contributed by atoms with E-state index in [9.17, 15) is 4.79 Å². The molecule has 0 radical (unpaired) electrons. The summed E-state index contributed by atoms with van der Waals surface area (Å²) in [5.74, 6) is 0.443. The van der Waals surface area contributed by atoms with Crippen molar-refractivity contribution in [2.24, 2.45) is 0 Å². The van der Waals surface area contributed by atoms with Crippen molar-refractivity contribution in [3.8, 4) is 5.75 Å². The highest BCUT2D eigenvalue weighted by molar-refractivity contribution is 6.00. The molecule has 5 heteroatoms. The first kappa shape index (κ1) is 18.6. The third-order valence-electron chi connectivity index (χ3n) is 3.65. The molecular formula is C20H24N2O3. The summed E-state index contributed by atoms with van der Waals surface area (Å²) in [5.41, 5.74) is 2.24. The minimum absolute atomic E-state index is 0.320. The van der Waals surface area contributed by atoms with Gasteiger partial charge >= 0.3 is 5.97 Å². The standard InChI is InChI=1S/C20H24N2O3/c1-3-5-12-25-17-8-6-15(7-9-17)13-18(21)19-14-16(10-11-22-19)20(23)24-4-2/h6-11,14,21H,3-5,12-13H2,1-2H3. The van der Waals surface area contributed by atoms with Gasteiger partial charge in [-0.2, -0.15) is 0 Å². The first-order valence-corrected chi connectivity index (χ1v) is 8.56. The molecule has 0 bridgehead atoms. The number of unbranched alkanes of at least 4 members (excludes halogenated alkanes) is 1. The largest absolute Gasteiger partial charge is 0.494 e. The van der Waals surface area contributed by atoms with Gasteiger partial charge in [0.05, 0.1) is 30.2 Å². The van der Waals surface area contributed by atoms with Gasteiger partial charge < -0.3 is 14.9 Å². The predicted molar refractivity (Wildman–Crippen MR) is 97.6 cm³/mol. The zero-order valence-corrected chi connectivity index (χ0v) is 14.7. The second-order valence-electron chi connectivity index (χ2n) is 5.65. The Balaban J connectivity index is 1.99. The molecule has 0 spiro atoms. The Bertz CT molecular complexity index is 711. The van der Waals surface area contributed by atoms with E-state index >= 15 is 0 Å². The van der Waals surface area contributed by atoms with E-state index in [0.29, 0.717) is 30.0 Å². The van der Waals surface area contributed by atoms with Gasteiger partial charge in [0.1, 0.15) is 5.75 Å². The highest BCUT2D eigenvalue weighted by Gasteiger charge is 2.11. The van der Waals surface area contributed by atoms with E-state index in [-0.39, 0.29) is 0 Å². The summed E-state index contributed by atoms with van der Waals surface area (Å²) in [4.78, 5) is 16.0. The highest BCUT2D eigenvalue weighted by Crippen LogP contribution is 2.15. The van der Waals surface area contributed by atoms with Crippen LogP contribution in [0.3, 0.4) is 0 Å². The fourth-order valence-electron chi connectivity index (χ4n) is 2.27. The summed E-state index contributed by atoms with van der Waals surface area (Å²) in [7, 11) is 0. The predicted octanol–water partition coefficient (Wildman–Crippen LogP) is 4.05. The van der Waals surface area contributed by atoms with E-state index in [4.69, 9.17) is 14.9 Å². The van der Waals surface area contributed by atoms with Gasteiger partial charge in [0.15, 0.2) is 0 Å². The van der Waals surface area contributed by atoms with E-state index < -0.39 is 5.97 Å². The third kappa shape index (κ3) is 5.71. The number of hydrogen-bond acceptors (Lipinski definition) is 5. The van der Waals surface area contributed by atoms with Crippen LogP contribution in [0, 0.1) is 5.41 Å². The molecule has 0 amide bonds. The number of carbonyl (C=O) groups excluding carboxylic acids is 1. The van der Waals surface area contributed by atoms with Gasteiger partial charge in [0.2, 0.25) is 0 Å². The number of benzene rings is 1. The van der Waals surface area contributed by atoms with Crippen molar-refractivity contribution in [1.82, 2.24) is 4.98 Å². The summed E-state index contributed by atoms with van der Waals surface area (Å²) in [6.07, 6.45) is 4.11. The van der Waals surface area contributed by atoms with Crippen LogP contribution in [0.1, 0.15) is 48.3 Å². The normalized spacial score (nSPS) is 10.3. The van der Waals surface area contributed by atoms with E-state index in [1.807, 2.05) is 24.3 Å². The smallest absolute Gasteiger partial charge is 0.338 e. The molecule has 5 nitrogen and oxygen atoms in total. The molecule has 0 atom stereocenters. The molecule has 0 fully saturated rings. The number of esters is 1. The van der Waals surface area contributed by atoms with Crippen molar-refractivity contribution in [2.45, 2.75) is 33.1 Å². The molecule has 1 aromatic heterocycles. The molecule has 0 unspecified atom stereocenters. The summed E-state index contributed by atoms with van der Waals surface area (Å²) in [5, 5.41) is 8.25. The molecule has 0 saturated carbocycles. The zero-order valence-electron chi connectivity index (χ0n) is 14.7. The van der Waals surface area contributed by atoms with Crippen LogP contribution >= 0.6 is 0 Å². The molecule has 0 aliphatic carbocycles. The second kappa shape index (κ2) is 9.57. The van der Waals surface area contributed by atoms with Crippen LogP contribution in [-0.2, 0) is 11.2 Å². The van der Waals surface area contributed by atoms with Crippen LogP contribution in [0.15, 0.2) is 42.6 Å². The Morgan fingerprint density at radius 3 is 2.60 bits per heavy atom. The van der Waals surface area contributed by atoms with Crippen LogP contribution in [0.4, 0.5) is 0 Å². The Hall–Kier alpha value is -2.69. The summed E-state index contributed by atoms with van der Waals surface area (Å²) < 4.78 is 10.6. The number of ether oxygens (including phenoxy) is 2. The fraction of sp³-hybridized carbons (Fsp3) is 0.350. The molecule has 2 rings (SSSR count). The summed E-state index contributed by atoms with van der Waals surface area (Å²) in [6.45, 7) is 4.93. The SMILES string of the molecule is CCCCOc1ccc(CC(=N)c2cc(C(=O)OCC)ccn2)cc1. The lowest BCUT2D eigenvalue weighted by atomic mass is 10.0. The van der Waals surface area contributed by atoms with Crippen LogP contribution in [-0.4, -0.2) is 29.9 Å². The third-order valence-corrected chi connectivity index (χ3v) is 3.65. The first-order chi connectivity index (χ1) is 12.1. The molecule has 1 aromatic carbocycles. The van der Waals surface area contributed by atoms with Crippen molar-refractivity contribution in [3.63, 3.8) is 0 Å². The van der Waals surface area contributed by atoms with Crippen molar-refractivity contribution in [2.75, 3.05) is 13.2 Å². The topological polar surface area (TPSA) is 72.3 Å². The molecule has 0 aliphatic heterocycles. The molecule has 132 valence electrons. The molecule has 25 heavy (non-hydrogen) atoms. The van der Waals surface area contributed by atoms with Gasteiger partial charge in [-0.05, 0) is 43.2 Å². The van der Waals surface area contributed by atoms with Crippen molar-refractivity contribution >= 4 is 11.7 Å². The average molecular weight is 340 g/mol. The molecule has 2 aromatic rings. The minimum Gasteiger partial charge on any atom is -0.494 e. The maximum atomic E-state index is 11.8. The Morgan fingerprint density at radius 2 is 1.92 bits per heavy atom. The maximum absolute atomic E-state index is 11.8. The fourth-order valence-corrected chi connectivity index (χ4v) is 2.27.